The van der Waals surface area contributed by atoms with Gasteiger partial charge < -0.3 is 5.73 Å². The molecule has 2 aromatic rings. The second kappa shape index (κ2) is 1.85. The molecule has 2 heterocycles. The number of amidine groups is 1. The van der Waals surface area contributed by atoms with Crippen molar-refractivity contribution < 1.29 is 0 Å². The van der Waals surface area contributed by atoms with Gasteiger partial charge in [0, 0.05) is 18.6 Å². The zero-order chi connectivity index (χ0) is 7.84. The second-order valence-corrected chi connectivity index (χ2v) is 2.22. The Hall–Kier alpha value is -1.78. The molecule has 5 nitrogen and oxygen atoms in total. The maximum absolute atomic E-state index is 7.18. The number of hydrogen-bond donors (Lipinski definition) is 3. The lowest BCUT2D eigenvalue weighted by molar-refractivity contribution is 0.973. The Bertz CT molecular complexity index is 396. The van der Waals surface area contributed by atoms with Crippen LogP contribution in [0.3, 0.4) is 0 Å². The van der Waals surface area contributed by atoms with Crippen LogP contribution < -0.4 is 5.73 Å². The van der Waals surface area contributed by atoms with E-state index in [1.807, 2.05) is 0 Å². The quantitative estimate of drug-likeness (QED) is 0.392. The molecule has 0 aliphatic rings. The van der Waals surface area contributed by atoms with Crippen molar-refractivity contribution in [3.05, 3.63) is 24.2 Å². The van der Waals surface area contributed by atoms with Gasteiger partial charge in [0.05, 0.1) is 5.56 Å². The lowest BCUT2D eigenvalue weighted by Gasteiger charge is -1.87. The first-order chi connectivity index (χ1) is 5.29. The van der Waals surface area contributed by atoms with Crippen LogP contribution in [0.4, 0.5) is 0 Å². The van der Waals surface area contributed by atoms with E-state index in [1.54, 1.807) is 23.1 Å². The second-order valence-electron chi connectivity index (χ2n) is 2.22. The monoisotopic (exact) mass is 149 g/mol. The van der Waals surface area contributed by atoms with Crippen molar-refractivity contribution in [3.8, 4) is 0 Å². The molecule has 0 aliphatic heterocycles. The number of aromatic nitrogens is 3. The highest BCUT2D eigenvalue weighted by molar-refractivity contribution is 6.00. The largest absolute Gasteiger partial charge is 0.384 e. The summed E-state index contributed by atoms with van der Waals surface area (Å²) in [6.45, 7) is 0. The minimum Gasteiger partial charge on any atom is -0.384 e. The van der Waals surface area contributed by atoms with E-state index in [0.717, 1.165) is 0 Å². The molecule has 56 valence electrons. The van der Waals surface area contributed by atoms with Gasteiger partial charge in [0.25, 0.3) is 0 Å². The van der Waals surface area contributed by atoms with Crippen molar-refractivity contribution in [1.82, 2.24) is 14.6 Å². The molecule has 0 unspecified atom stereocenters. The standard InChI is InChI=1S/C6H7N5/c7-5(8)4-3-10-11-2-1-9-6(4)11/h1-3,10H,(H3,7,8). The minimum absolute atomic E-state index is 0.0300. The molecule has 0 aliphatic carbocycles. The van der Waals surface area contributed by atoms with Gasteiger partial charge in [-0.2, -0.15) is 0 Å². The van der Waals surface area contributed by atoms with Crippen LogP contribution in [0.2, 0.25) is 0 Å². The Morgan fingerprint density at radius 3 is 3.27 bits per heavy atom. The average Bonchev–Trinajstić information content (AvgIpc) is 2.41. The van der Waals surface area contributed by atoms with E-state index < -0.39 is 0 Å². The third kappa shape index (κ3) is 0.706. The zero-order valence-corrected chi connectivity index (χ0v) is 5.70. The number of nitrogens with one attached hydrogen (secondary N) is 2. The van der Waals surface area contributed by atoms with E-state index in [0.29, 0.717) is 11.2 Å². The lowest BCUT2D eigenvalue weighted by Crippen LogP contribution is -2.10. The van der Waals surface area contributed by atoms with Crippen LogP contribution in [0.25, 0.3) is 5.65 Å². The number of imidazole rings is 1. The van der Waals surface area contributed by atoms with Crippen LogP contribution in [0, 0.1) is 5.41 Å². The normalized spacial score (nSPS) is 10.5. The molecule has 11 heavy (non-hydrogen) atoms. The Labute approximate surface area is 62.3 Å². The maximum Gasteiger partial charge on any atom is 0.163 e. The summed E-state index contributed by atoms with van der Waals surface area (Å²) in [4.78, 5) is 4.01. The summed E-state index contributed by atoms with van der Waals surface area (Å²) in [5.74, 6) is 0.0300. The summed E-state index contributed by atoms with van der Waals surface area (Å²) in [6, 6.07) is 0. The van der Waals surface area contributed by atoms with E-state index in [1.165, 1.54) is 0 Å². The molecule has 5 heteroatoms. The summed E-state index contributed by atoms with van der Waals surface area (Å²) >= 11 is 0. The van der Waals surface area contributed by atoms with Gasteiger partial charge in [-0.3, -0.25) is 10.5 Å². The number of aromatic amines is 1. The molecule has 0 radical (unpaired) electrons. The molecule has 0 bridgehead atoms. The molecule has 0 fully saturated rings. The maximum atomic E-state index is 7.18. The van der Waals surface area contributed by atoms with E-state index in [9.17, 15) is 0 Å². The number of nitrogen functional groups attached to an aromatic ring is 1. The number of rotatable bonds is 1. The van der Waals surface area contributed by atoms with Crippen molar-refractivity contribution >= 4 is 11.5 Å². The van der Waals surface area contributed by atoms with Crippen LogP contribution in [0.5, 0.6) is 0 Å². The molecule has 0 amide bonds. The molecule has 4 N–H and O–H groups in total. The van der Waals surface area contributed by atoms with Gasteiger partial charge >= 0.3 is 0 Å². The van der Waals surface area contributed by atoms with E-state index >= 15 is 0 Å². The third-order valence-electron chi connectivity index (χ3n) is 1.52. The third-order valence-corrected chi connectivity index (χ3v) is 1.52. The van der Waals surface area contributed by atoms with Crippen molar-refractivity contribution in [1.29, 1.82) is 5.41 Å². The van der Waals surface area contributed by atoms with Crippen molar-refractivity contribution in [3.63, 3.8) is 0 Å². The van der Waals surface area contributed by atoms with Gasteiger partial charge in [0.1, 0.15) is 5.84 Å². The molecule has 0 atom stereocenters. The lowest BCUT2D eigenvalue weighted by atomic mass is 10.3. The molecule has 0 spiro atoms. The fourth-order valence-corrected chi connectivity index (χ4v) is 1.00. The summed E-state index contributed by atoms with van der Waals surface area (Å²) in [6.07, 6.45) is 5.07. The molecular weight excluding hydrogens is 142 g/mol. The van der Waals surface area contributed by atoms with Gasteiger partial charge in [-0.1, -0.05) is 0 Å². The zero-order valence-electron chi connectivity index (χ0n) is 5.70. The molecule has 0 aromatic carbocycles. The fraction of sp³-hybridized carbons (Fsp3) is 0. The molecule has 0 saturated heterocycles. The predicted molar refractivity (Wildman–Crippen MR) is 40.6 cm³/mol. The summed E-state index contributed by atoms with van der Waals surface area (Å²) in [5, 5.41) is 10.1. The minimum atomic E-state index is 0.0300. The number of nitrogens with two attached hydrogens (primary N) is 1. The number of hydrogen-bond acceptors (Lipinski definition) is 2. The highest BCUT2D eigenvalue weighted by Crippen LogP contribution is 2.05. The fourth-order valence-electron chi connectivity index (χ4n) is 1.00. The topological polar surface area (TPSA) is 83.0 Å². The SMILES string of the molecule is N=C(N)c1c[nH]n2ccnc12. The van der Waals surface area contributed by atoms with Crippen LogP contribution in [-0.4, -0.2) is 20.4 Å². The van der Waals surface area contributed by atoms with Crippen LogP contribution in [-0.2, 0) is 0 Å². The average molecular weight is 149 g/mol. The van der Waals surface area contributed by atoms with Gasteiger partial charge in [0.2, 0.25) is 0 Å². The molecular formula is C6H7N5. The molecule has 0 saturated carbocycles. The van der Waals surface area contributed by atoms with Crippen molar-refractivity contribution in [2.75, 3.05) is 0 Å². The van der Waals surface area contributed by atoms with E-state index in [4.69, 9.17) is 11.1 Å². The highest BCUT2D eigenvalue weighted by Gasteiger charge is 2.05. The van der Waals surface area contributed by atoms with Crippen LogP contribution >= 0.6 is 0 Å². The molecule has 2 aromatic heterocycles. The van der Waals surface area contributed by atoms with Crippen LogP contribution in [0.15, 0.2) is 18.6 Å². The smallest absolute Gasteiger partial charge is 0.163 e. The summed E-state index contributed by atoms with van der Waals surface area (Å²) in [5.41, 5.74) is 6.62. The van der Waals surface area contributed by atoms with Gasteiger partial charge in [-0.05, 0) is 0 Å². The number of nitrogens with zero attached hydrogens (tertiary/aromatic N) is 2. The molecule has 2 rings (SSSR count). The number of H-pyrrole nitrogens is 1. The van der Waals surface area contributed by atoms with Gasteiger partial charge in [-0.15, -0.1) is 0 Å². The Morgan fingerprint density at radius 2 is 2.55 bits per heavy atom. The first-order valence-corrected chi connectivity index (χ1v) is 3.14. The summed E-state index contributed by atoms with van der Waals surface area (Å²) in [7, 11) is 0. The first kappa shape index (κ1) is 5.96. The highest BCUT2D eigenvalue weighted by atomic mass is 15.3. The predicted octanol–water partition coefficient (Wildman–Crippen LogP) is -0.0535. The Kier molecular flexibility index (Phi) is 1.00. The van der Waals surface area contributed by atoms with E-state index in [2.05, 4.69) is 10.1 Å². The van der Waals surface area contributed by atoms with Gasteiger partial charge in [0.15, 0.2) is 5.65 Å². The Balaban J connectivity index is 2.78. The summed E-state index contributed by atoms with van der Waals surface area (Å²) < 4.78 is 1.71. The number of fused-ring (bicyclic) bond motifs is 1. The first-order valence-electron chi connectivity index (χ1n) is 3.14. The van der Waals surface area contributed by atoms with Crippen molar-refractivity contribution in [2.24, 2.45) is 5.73 Å². The van der Waals surface area contributed by atoms with Crippen molar-refractivity contribution in [2.45, 2.75) is 0 Å². The van der Waals surface area contributed by atoms with Gasteiger partial charge in [-0.25, -0.2) is 9.50 Å². The van der Waals surface area contributed by atoms with E-state index in [-0.39, 0.29) is 5.84 Å². The Morgan fingerprint density at radius 1 is 1.73 bits per heavy atom. The van der Waals surface area contributed by atoms with Crippen LogP contribution in [0.1, 0.15) is 5.56 Å².